The molecule has 1 aromatic carbocycles. The number of carbonyl (C=O) groups excluding carboxylic acids is 1. The van der Waals surface area contributed by atoms with E-state index in [-0.39, 0.29) is 23.5 Å². The number of hydrogen-bond acceptors (Lipinski definition) is 3. The molecule has 6 heteroatoms. The number of benzene rings is 1. The fraction of sp³-hybridized carbons (Fsp3) is 0.278. The number of carboxylic acid groups (broad SMARTS) is 1. The van der Waals surface area contributed by atoms with Gasteiger partial charge in [-0.3, -0.25) is 4.79 Å². The van der Waals surface area contributed by atoms with Crippen LogP contribution >= 0.6 is 0 Å². The van der Waals surface area contributed by atoms with Crippen LogP contribution in [0.25, 0.3) is 0 Å². The highest BCUT2D eigenvalue weighted by molar-refractivity contribution is 5.97. The Morgan fingerprint density at radius 3 is 2.71 bits per heavy atom. The summed E-state index contributed by atoms with van der Waals surface area (Å²) >= 11 is 0. The number of halogens is 1. The van der Waals surface area contributed by atoms with Crippen molar-refractivity contribution in [2.45, 2.75) is 25.3 Å². The number of aromatic carboxylic acids is 1. The maximum Gasteiger partial charge on any atom is 0.354 e. The standard InChI is InChI=1S/C18H17FN2O3/c19-14-3-1-2-12(10-14)7-9-21(15-4-5-15)17(22)13-6-8-20-16(11-13)18(23)24/h1-3,6,8,10-11,15H,4-5,7,9H2,(H,23,24). The van der Waals surface area contributed by atoms with Gasteiger partial charge in [0.25, 0.3) is 5.91 Å². The second-order valence-corrected chi connectivity index (χ2v) is 5.84. The molecule has 0 radical (unpaired) electrons. The molecule has 1 N–H and O–H groups in total. The van der Waals surface area contributed by atoms with Crippen molar-refractivity contribution in [1.82, 2.24) is 9.88 Å². The molecule has 1 saturated carbocycles. The zero-order valence-electron chi connectivity index (χ0n) is 13.0. The smallest absolute Gasteiger partial charge is 0.354 e. The predicted octanol–water partition coefficient (Wildman–Crippen LogP) is 2.77. The molecule has 0 spiro atoms. The highest BCUT2D eigenvalue weighted by Gasteiger charge is 2.33. The molecule has 2 aromatic rings. The fourth-order valence-electron chi connectivity index (χ4n) is 2.62. The molecule has 3 rings (SSSR count). The van der Waals surface area contributed by atoms with Crippen LogP contribution in [-0.2, 0) is 6.42 Å². The van der Waals surface area contributed by atoms with Gasteiger partial charge in [0.1, 0.15) is 11.5 Å². The molecule has 1 amide bonds. The van der Waals surface area contributed by atoms with Gasteiger partial charge in [-0.1, -0.05) is 12.1 Å². The van der Waals surface area contributed by atoms with Crippen molar-refractivity contribution >= 4 is 11.9 Å². The second-order valence-electron chi connectivity index (χ2n) is 5.84. The third-order valence-corrected chi connectivity index (χ3v) is 4.00. The zero-order valence-corrected chi connectivity index (χ0v) is 13.0. The normalized spacial score (nSPS) is 13.5. The number of amides is 1. The molecule has 0 bridgehead atoms. The molecule has 124 valence electrons. The first kappa shape index (κ1) is 16.1. The first-order valence-corrected chi connectivity index (χ1v) is 7.79. The minimum absolute atomic E-state index is 0.151. The number of carbonyl (C=O) groups is 2. The van der Waals surface area contributed by atoms with E-state index in [0.29, 0.717) is 18.5 Å². The monoisotopic (exact) mass is 328 g/mol. The second kappa shape index (κ2) is 6.78. The van der Waals surface area contributed by atoms with E-state index >= 15 is 0 Å². The summed E-state index contributed by atoms with van der Waals surface area (Å²) < 4.78 is 13.3. The SMILES string of the molecule is O=C(O)c1cc(C(=O)N(CCc2cccc(F)c2)C2CC2)ccn1. The van der Waals surface area contributed by atoms with Crippen molar-refractivity contribution in [2.75, 3.05) is 6.54 Å². The van der Waals surface area contributed by atoms with Gasteiger partial charge in [0, 0.05) is 24.3 Å². The molecular formula is C18H17FN2O3. The number of nitrogens with zero attached hydrogens (tertiary/aromatic N) is 2. The van der Waals surface area contributed by atoms with Crippen LogP contribution in [0.3, 0.4) is 0 Å². The summed E-state index contributed by atoms with van der Waals surface area (Å²) in [6.07, 6.45) is 3.75. The van der Waals surface area contributed by atoms with Crippen LogP contribution in [0.4, 0.5) is 4.39 Å². The van der Waals surface area contributed by atoms with Gasteiger partial charge in [-0.15, -0.1) is 0 Å². The van der Waals surface area contributed by atoms with Crippen LogP contribution in [0.1, 0.15) is 39.3 Å². The maximum absolute atomic E-state index is 13.3. The molecule has 1 aliphatic carbocycles. The molecule has 5 nitrogen and oxygen atoms in total. The van der Waals surface area contributed by atoms with Crippen molar-refractivity contribution in [3.8, 4) is 0 Å². The third-order valence-electron chi connectivity index (χ3n) is 4.00. The summed E-state index contributed by atoms with van der Waals surface area (Å²) in [5.74, 6) is -1.67. The van der Waals surface area contributed by atoms with Gasteiger partial charge in [0.2, 0.25) is 0 Å². The summed E-state index contributed by atoms with van der Waals surface area (Å²) in [6, 6.07) is 9.31. The lowest BCUT2D eigenvalue weighted by atomic mass is 10.1. The molecule has 0 aliphatic heterocycles. The predicted molar refractivity (Wildman–Crippen MR) is 85.4 cm³/mol. The quantitative estimate of drug-likeness (QED) is 0.885. The van der Waals surface area contributed by atoms with Crippen LogP contribution in [0.2, 0.25) is 0 Å². The van der Waals surface area contributed by atoms with Crippen LogP contribution in [0.5, 0.6) is 0 Å². The largest absolute Gasteiger partial charge is 0.477 e. The molecular weight excluding hydrogens is 311 g/mol. The van der Waals surface area contributed by atoms with Crippen molar-refractivity contribution in [3.05, 3.63) is 65.2 Å². The van der Waals surface area contributed by atoms with Gasteiger partial charge in [-0.25, -0.2) is 14.2 Å². The molecule has 0 saturated heterocycles. The van der Waals surface area contributed by atoms with Crippen LogP contribution < -0.4 is 0 Å². The molecule has 1 fully saturated rings. The van der Waals surface area contributed by atoms with E-state index in [0.717, 1.165) is 18.4 Å². The van der Waals surface area contributed by atoms with E-state index in [1.54, 1.807) is 11.0 Å². The highest BCUT2D eigenvalue weighted by Crippen LogP contribution is 2.28. The summed E-state index contributed by atoms with van der Waals surface area (Å²) in [4.78, 5) is 29.2. The van der Waals surface area contributed by atoms with E-state index in [4.69, 9.17) is 5.11 Å². The van der Waals surface area contributed by atoms with E-state index in [9.17, 15) is 14.0 Å². The number of hydrogen-bond donors (Lipinski definition) is 1. The molecule has 1 heterocycles. The first-order valence-electron chi connectivity index (χ1n) is 7.79. The molecule has 1 aromatic heterocycles. The Kier molecular flexibility index (Phi) is 4.55. The zero-order chi connectivity index (χ0) is 17.1. The van der Waals surface area contributed by atoms with Crippen LogP contribution in [0.15, 0.2) is 42.6 Å². The first-order chi connectivity index (χ1) is 11.5. The van der Waals surface area contributed by atoms with Crippen molar-refractivity contribution in [2.24, 2.45) is 0 Å². The van der Waals surface area contributed by atoms with Gasteiger partial charge >= 0.3 is 5.97 Å². The maximum atomic E-state index is 13.3. The van der Waals surface area contributed by atoms with Crippen molar-refractivity contribution in [1.29, 1.82) is 0 Å². The third kappa shape index (κ3) is 3.76. The lowest BCUT2D eigenvalue weighted by Crippen LogP contribution is -2.35. The lowest BCUT2D eigenvalue weighted by Gasteiger charge is -2.22. The Morgan fingerprint density at radius 2 is 2.04 bits per heavy atom. The molecule has 24 heavy (non-hydrogen) atoms. The molecule has 0 unspecified atom stereocenters. The topological polar surface area (TPSA) is 70.5 Å². The minimum Gasteiger partial charge on any atom is -0.477 e. The molecule has 1 aliphatic rings. The summed E-state index contributed by atoms with van der Waals surface area (Å²) in [5.41, 5.74) is 0.990. The number of carboxylic acids is 1. The highest BCUT2D eigenvalue weighted by atomic mass is 19.1. The number of pyridine rings is 1. The average molecular weight is 328 g/mol. The lowest BCUT2D eigenvalue weighted by molar-refractivity contribution is 0.0690. The Hall–Kier alpha value is -2.76. The summed E-state index contributed by atoms with van der Waals surface area (Å²) in [7, 11) is 0. The Morgan fingerprint density at radius 1 is 1.25 bits per heavy atom. The van der Waals surface area contributed by atoms with Gasteiger partial charge in [0.05, 0.1) is 0 Å². The Bertz CT molecular complexity index is 774. The average Bonchev–Trinajstić information content (AvgIpc) is 3.40. The van der Waals surface area contributed by atoms with E-state index in [2.05, 4.69) is 4.98 Å². The van der Waals surface area contributed by atoms with Gasteiger partial charge in [-0.2, -0.15) is 0 Å². The van der Waals surface area contributed by atoms with E-state index in [1.807, 2.05) is 6.07 Å². The Labute approximate surface area is 138 Å². The van der Waals surface area contributed by atoms with Crippen LogP contribution in [-0.4, -0.2) is 39.5 Å². The van der Waals surface area contributed by atoms with E-state index in [1.165, 1.54) is 30.5 Å². The minimum atomic E-state index is -1.16. The van der Waals surface area contributed by atoms with E-state index < -0.39 is 5.97 Å². The van der Waals surface area contributed by atoms with Crippen molar-refractivity contribution in [3.63, 3.8) is 0 Å². The Balaban J connectivity index is 1.74. The van der Waals surface area contributed by atoms with Crippen LogP contribution in [0, 0.1) is 5.82 Å². The van der Waals surface area contributed by atoms with Gasteiger partial charge in [0.15, 0.2) is 0 Å². The summed E-state index contributed by atoms with van der Waals surface area (Å²) in [6.45, 7) is 0.470. The van der Waals surface area contributed by atoms with Gasteiger partial charge in [-0.05, 0) is 49.1 Å². The van der Waals surface area contributed by atoms with Crippen molar-refractivity contribution < 1.29 is 19.1 Å². The number of rotatable bonds is 6. The fourth-order valence-corrected chi connectivity index (χ4v) is 2.62. The number of aromatic nitrogens is 1. The molecule has 0 atom stereocenters. The van der Waals surface area contributed by atoms with Gasteiger partial charge < -0.3 is 10.0 Å². The summed E-state index contributed by atoms with van der Waals surface area (Å²) in [5, 5.41) is 9.01.